The van der Waals surface area contributed by atoms with Gasteiger partial charge in [0.05, 0.1) is 19.7 Å². The first-order valence-electron chi connectivity index (χ1n) is 9.17. The highest BCUT2D eigenvalue weighted by atomic mass is 32.1. The first-order chi connectivity index (χ1) is 12.9. The number of carbonyl (C=O) groups excluding carboxylic acids is 3. The molecule has 2 aliphatic rings. The zero-order valence-corrected chi connectivity index (χ0v) is 17.1. The highest BCUT2D eigenvalue weighted by Crippen LogP contribution is 2.40. The first kappa shape index (κ1) is 22.1. The van der Waals surface area contributed by atoms with E-state index < -0.39 is 24.1 Å². The maximum atomic E-state index is 12.9. The molecule has 3 rings (SSSR count). The second-order valence-electron chi connectivity index (χ2n) is 7.29. The zero-order chi connectivity index (χ0) is 19.6. The highest BCUT2D eigenvalue weighted by molar-refractivity contribution is 7.59. The van der Waals surface area contributed by atoms with Gasteiger partial charge in [-0.15, -0.1) is 0 Å². The largest absolute Gasteiger partial charge is 0.394 e. The summed E-state index contributed by atoms with van der Waals surface area (Å²) >= 11 is 0. The van der Waals surface area contributed by atoms with Crippen molar-refractivity contribution in [2.45, 2.75) is 44.8 Å². The molecule has 10 heteroatoms. The Morgan fingerprint density at radius 2 is 2.00 bits per heavy atom. The fourth-order valence-corrected chi connectivity index (χ4v) is 3.78. The predicted octanol–water partition coefficient (Wildman–Crippen LogP) is -0.574. The van der Waals surface area contributed by atoms with Crippen molar-refractivity contribution < 1.29 is 19.5 Å². The zero-order valence-electron chi connectivity index (χ0n) is 16.1. The molecule has 154 valence electrons. The second kappa shape index (κ2) is 8.87. The van der Waals surface area contributed by atoms with E-state index in [0.717, 1.165) is 6.42 Å². The number of rotatable bonds is 6. The number of nitrogens with zero attached hydrogens (tertiary/aromatic N) is 4. The van der Waals surface area contributed by atoms with E-state index in [-0.39, 0.29) is 44.3 Å². The number of likely N-dealkylation sites (tertiary alicyclic amines) is 2. The van der Waals surface area contributed by atoms with Gasteiger partial charge >= 0.3 is 0 Å². The molecule has 0 bridgehead atoms. The fourth-order valence-electron chi connectivity index (χ4n) is 3.78. The van der Waals surface area contributed by atoms with Crippen LogP contribution in [0, 0.1) is 5.92 Å². The van der Waals surface area contributed by atoms with E-state index in [0.29, 0.717) is 18.8 Å². The van der Waals surface area contributed by atoms with Crippen molar-refractivity contribution in [3.05, 3.63) is 24.3 Å². The van der Waals surface area contributed by atoms with Crippen LogP contribution in [-0.4, -0.2) is 73.9 Å². The summed E-state index contributed by atoms with van der Waals surface area (Å²) in [6, 6.07) is 0.690. The minimum Gasteiger partial charge on any atom is -0.394 e. The van der Waals surface area contributed by atoms with Gasteiger partial charge < -0.3 is 20.2 Å². The molecule has 0 radical (unpaired) electrons. The normalized spacial score (nSPS) is 22.1. The minimum atomic E-state index is -0.983. The fraction of sp³-hybridized carbons (Fsp3) is 0.611. The molecule has 2 N–H and O–H groups in total. The number of aromatic nitrogens is 2. The van der Waals surface area contributed by atoms with Crippen LogP contribution in [0.15, 0.2) is 18.5 Å². The molecule has 1 unspecified atom stereocenters. The number of β-lactam (4-membered cyclic amide) rings is 1. The van der Waals surface area contributed by atoms with Crippen LogP contribution >= 0.6 is 13.5 Å². The van der Waals surface area contributed by atoms with Gasteiger partial charge in [-0.05, 0) is 18.9 Å². The van der Waals surface area contributed by atoms with Gasteiger partial charge in [0, 0.05) is 24.9 Å². The molecule has 2 aliphatic heterocycles. The van der Waals surface area contributed by atoms with E-state index in [9.17, 15) is 19.5 Å². The number of amides is 3. The van der Waals surface area contributed by atoms with Crippen LogP contribution in [0.25, 0.3) is 0 Å². The van der Waals surface area contributed by atoms with Crippen LogP contribution in [0.2, 0.25) is 0 Å². The summed E-state index contributed by atoms with van der Waals surface area (Å²) in [5.41, 5.74) is -0.850. The highest BCUT2D eigenvalue weighted by Gasteiger charge is 2.61. The van der Waals surface area contributed by atoms with Gasteiger partial charge in [-0.2, -0.15) is 13.5 Å². The lowest BCUT2D eigenvalue weighted by atomic mass is 9.83. The van der Waals surface area contributed by atoms with Crippen molar-refractivity contribution in [3.63, 3.8) is 0 Å². The summed E-state index contributed by atoms with van der Waals surface area (Å²) in [5, 5.41) is 12.3. The number of nitrogens with one attached hydrogen (secondary N) is 1. The Morgan fingerprint density at radius 1 is 1.32 bits per heavy atom. The van der Waals surface area contributed by atoms with E-state index in [1.165, 1.54) is 4.90 Å². The molecule has 2 atom stereocenters. The van der Waals surface area contributed by atoms with Crippen LogP contribution in [0.1, 0.15) is 32.5 Å². The second-order valence-corrected chi connectivity index (χ2v) is 7.29. The summed E-state index contributed by atoms with van der Waals surface area (Å²) in [4.78, 5) is 48.9. The molecule has 3 heterocycles. The van der Waals surface area contributed by atoms with Crippen molar-refractivity contribution in [2.75, 3.05) is 19.7 Å². The molecular weight excluding hydrogens is 382 g/mol. The van der Waals surface area contributed by atoms with Crippen molar-refractivity contribution in [1.82, 2.24) is 25.1 Å². The van der Waals surface area contributed by atoms with Crippen LogP contribution in [0.5, 0.6) is 0 Å². The van der Waals surface area contributed by atoms with E-state index in [1.807, 2.05) is 13.8 Å². The third-order valence-electron chi connectivity index (χ3n) is 5.23. The molecule has 0 saturated carbocycles. The molecule has 1 spiro atoms. The molecule has 2 fully saturated rings. The van der Waals surface area contributed by atoms with Gasteiger partial charge in [0.15, 0.2) is 0 Å². The third-order valence-corrected chi connectivity index (χ3v) is 5.23. The Morgan fingerprint density at radius 3 is 2.57 bits per heavy atom. The van der Waals surface area contributed by atoms with E-state index in [4.69, 9.17) is 0 Å². The molecule has 0 aromatic carbocycles. The van der Waals surface area contributed by atoms with Crippen molar-refractivity contribution in [2.24, 2.45) is 5.92 Å². The maximum Gasteiger partial charge on any atom is 0.251 e. The molecule has 9 nitrogen and oxygen atoms in total. The number of hydrogen-bond donors (Lipinski definition) is 2. The summed E-state index contributed by atoms with van der Waals surface area (Å²) < 4.78 is 0. The van der Waals surface area contributed by atoms with E-state index in [2.05, 4.69) is 15.3 Å². The standard InChI is InChI=1S/C18H25N5O4.H2S/c1-12(2)16(26)23-8-3-5-18(23)11-22(17(18)27)13(10-24)15(25)21-9-14-19-6-4-7-20-14;/h4,6-7,12-13,24H,3,5,8-11H2,1-2H3,(H,21,25);1H2/t13-,18?;/m0./s1. The van der Waals surface area contributed by atoms with Crippen molar-refractivity contribution in [3.8, 4) is 0 Å². The topological polar surface area (TPSA) is 116 Å². The molecule has 3 amide bonds. The van der Waals surface area contributed by atoms with Crippen LogP contribution in [0.3, 0.4) is 0 Å². The smallest absolute Gasteiger partial charge is 0.251 e. The lowest BCUT2D eigenvalue weighted by Gasteiger charge is -2.53. The Bertz CT molecular complexity index is 732. The average Bonchev–Trinajstić information content (AvgIpc) is 3.13. The van der Waals surface area contributed by atoms with Crippen LogP contribution in [0.4, 0.5) is 0 Å². The average molecular weight is 410 g/mol. The van der Waals surface area contributed by atoms with Gasteiger partial charge in [0.1, 0.15) is 17.4 Å². The number of aliphatic hydroxyl groups is 1. The molecule has 28 heavy (non-hydrogen) atoms. The van der Waals surface area contributed by atoms with Crippen molar-refractivity contribution >= 4 is 31.2 Å². The summed E-state index contributed by atoms with van der Waals surface area (Å²) in [6.45, 7) is 4.07. The summed E-state index contributed by atoms with van der Waals surface area (Å²) in [6.07, 6.45) is 4.50. The number of aliphatic hydroxyl groups excluding tert-OH is 1. The molecule has 1 aromatic heterocycles. The molecular formula is C18H27N5O4S. The Labute approximate surface area is 171 Å². The first-order valence-corrected chi connectivity index (χ1v) is 9.17. The van der Waals surface area contributed by atoms with Gasteiger partial charge in [0.25, 0.3) is 5.91 Å². The van der Waals surface area contributed by atoms with E-state index >= 15 is 0 Å². The Hall–Kier alpha value is -2.20. The number of carbonyl (C=O) groups is 3. The van der Waals surface area contributed by atoms with Gasteiger partial charge in [-0.1, -0.05) is 13.8 Å². The van der Waals surface area contributed by atoms with Crippen LogP contribution in [-0.2, 0) is 20.9 Å². The predicted molar refractivity (Wildman–Crippen MR) is 105 cm³/mol. The lowest BCUT2D eigenvalue weighted by molar-refractivity contribution is -0.175. The maximum absolute atomic E-state index is 12.9. The SMILES string of the molecule is CC(C)C(=O)N1CCCC12CN([C@@H](CO)C(=O)NCc1ncccn1)C2=O.S. The van der Waals surface area contributed by atoms with Gasteiger partial charge in [0.2, 0.25) is 11.8 Å². The van der Waals surface area contributed by atoms with Gasteiger partial charge in [-0.25, -0.2) is 9.97 Å². The molecule has 0 aliphatic carbocycles. The minimum absolute atomic E-state index is 0. The van der Waals surface area contributed by atoms with Crippen LogP contribution < -0.4 is 5.32 Å². The third kappa shape index (κ3) is 3.83. The quantitative estimate of drug-likeness (QED) is 0.608. The summed E-state index contributed by atoms with van der Waals surface area (Å²) in [7, 11) is 0. The molecule has 1 aromatic rings. The monoisotopic (exact) mass is 409 g/mol. The Balaban J connectivity index is 0.00000280. The van der Waals surface area contributed by atoms with Crippen molar-refractivity contribution in [1.29, 1.82) is 0 Å². The molecule has 2 saturated heterocycles. The number of hydrogen-bond acceptors (Lipinski definition) is 6. The van der Waals surface area contributed by atoms with E-state index in [1.54, 1.807) is 23.4 Å². The Kier molecular flexibility index (Phi) is 7.00. The summed E-state index contributed by atoms with van der Waals surface area (Å²) in [5.74, 6) is -0.526. The lowest BCUT2D eigenvalue weighted by Crippen LogP contribution is -2.76. The van der Waals surface area contributed by atoms with Gasteiger partial charge in [-0.3, -0.25) is 14.4 Å².